The molecule has 0 aromatic carbocycles. The first-order valence-corrected chi connectivity index (χ1v) is 5.37. The summed E-state index contributed by atoms with van der Waals surface area (Å²) in [7, 11) is -4.90. The Hall–Kier alpha value is -0.690. The molecule has 1 unspecified atom stereocenters. The first-order valence-electron chi connectivity index (χ1n) is 3.64. The summed E-state index contributed by atoms with van der Waals surface area (Å²) in [5.74, 6) is 0. The Morgan fingerprint density at radius 1 is 1.12 bits per heavy atom. The van der Waals surface area contributed by atoms with Gasteiger partial charge >= 0.3 is 19.9 Å². The zero-order chi connectivity index (χ0) is 13.0. The highest BCUT2D eigenvalue weighted by Crippen LogP contribution is 2.52. The maximum Gasteiger partial charge on any atom is 0.412 e. The zero-order valence-corrected chi connectivity index (χ0v) is 8.53. The van der Waals surface area contributed by atoms with Crippen LogP contribution in [-0.2, 0) is 13.6 Å². The third-order valence-corrected chi connectivity index (χ3v) is 2.77. The lowest BCUT2D eigenvalue weighted by Gasteiger charge is -2.19. The number of hydrogen-bond acceptors (Lipinski definition) is 3. The summed E-state index contributed by atoms with van der Waals surface area (Å²) in [4.78, 5) is 0. The molecule has 0 N–H and O–H groups in total. The Bertz CT molecular complexity index is 283. The van der Waals surface area contributed by atoms with Gasteiger partial charge < -0.3 is 4.52 Å². The summed E-state index contributed by atoms with van der Waals surface area (Å²) >= 11 is 0. The van der Waals surface area contributed by atoms with Crippen LogP contribution in [0, 0.1) is 0 Å². The Balaban J connectivity index is 4.58. The van der Waals surface area contributed by atoms with Crippen molar-refractivity contribution in [3.8, 4) is 0 Å². The molecule has 0 aromatic heterocycles. The van der Waals surface area contributed by atoms with Gasteiger partial charge in [-0.1, -0.05) is 6.58 Å². The molecule has 0 rings (SSSR count). The Morgan fingerprint density at radius 2 is 1.62 bits per heavy atom. The van der Waals surface area contributed by atoms with E-state index in [2.05, 4.69) is 15.6 Å². The molecule has 0 aromatic rings. The zero-order valence-electron chi connectivity index (χ0n) is 7.64. The predicted octanol–water partition coefficient (Wildman–Crippen LogP) is 3.48. The van der Waals surface area contributed by atoms with E-state index in [1.165, 1.54) is 0 Å². The molecule has 96 valence electrons. The molecule has 16 heavy (non-hydrogen) atoms. The van der Waals surface area contributed by atoms with E-state index in [0.29, 0.717) is 6.26 Å². The Morgan fingerprint density at radius 3 is 1.94 bits per heavy atom. The molecular weight excluding hydrogens is 265 g/mol. The van der Waals surface area contributed by atoms with E-state index in [0.717, 1.165) is 0 Å². The van der Waals surface area contributed by atoms with Gasteiger partial charge in [0.25, 0.3) is 0 Å². The van der Waals surface area contributed by atoms with Gasteiger partial charge in [0.15, 0.2) is 12.8 Å². The lowest BCUT2D eigenvalue weighted by atomic mass is 10.7. The minimum absolute atomic E-state index is 0.336. The summed E-state index contributed by atoms with van der Waals surface area (Å²) in [6, 6.07) is 0. The predicted molar refractivity (Wildman–Crippen MR) is 41.8 cm³/mol. The van der Waals surface area contributed by atoms with E-state index in [-0.39, 0.29) is 0 Å². The molecular formula is C6H7F6O3P. The molecule has 0 saturated heterocycles. The van der Waals surface area contributed by atoms with Crippen LogP contribution in [0.25, 0.3) is 0 Å². The minimum atomic E-state index is -4.97. The second-order valence-corrected chi connectivity index (χ2v) is 4.55. The second-order valence-electron chi connectivity index (χ2n) is 2.54. The van der Waals surface area contributed by atoms with Crippen molar-refractivity contribution >= 4 is 7.60 Å². The molecule has 0 aliphatic carbocycles. The minimum Gasteiger partial charge on any atom is -0.433 e. The van der Waals surface area contributed by atoms with E-state index >= 15 is 0 Å². The lowest BCUT2D eigenvalue weighted by Crippen LogP contribution is -2.21. The quantitative estimate of drug-likeness (QED) is 0.436. The Labute approximate surface area is 86.6 Å². The highest BCUT2D eigenvalue weighted by atomic mass is 31.2. The van der Waals surface area contributed by atoms with E-state index in [9.17, 15) is 30.9 Å². The van der Waals surface area contributed by atoms with Crippen LogP contribution >= 0.6 is 7.60 Å². The van der Waals surface area contributed by atoms with Crippen LogP contribution in [0.3, 0.4) is 0 Å². The van der Waals surface area contributed by atoms with Gasteiger partial charge in [-0.25, -0.2) is 4.57 Å². The molecule has 10 heteroatoms. The molecule has 1 atom stereocenters. The number of halogens is 6. The van der Waals surface area contributed by atoms with Crippen LogP contribution in [0.2, 0.25) is 0 Å². The van der Waals surface area contributed by atoms with Crippen molar-refractivity contribution < 1.29 is 40.0 Å². The van der Waals surface area contributed by atoms with Crippen molar-refractivity contribution in [3.63, 3.8) is 0 Å². The van der Waals surface area contributed by atoms with Gasteiger partial charge in [-0.05, 0) is 0 Å². The topological polar surface area (TPSA) is 35.5 Å². The average molecular weight is 272 g/mol. The first kappa shape index (κ1) is 15.3. The van der Waals surface area contributed by atoms with Gasteiger partial charge in [0, 0.05) is 0 Å². The molecule has 3 nitrogen and oxygen atoms in total. The van der Waals surface area contributed by atoms with Crippen LogP contribution < -0.4 is 0 Å². The first-order chi connectivity index (χ1) is 6.97. The van der Waals surface area contributed by atoms with Gasteiger partial charge in [0.2, 0.25) is 0 Å². The monoisotopic (exact) mass is 272 g/mol. The molecule has 0 heterocycles. The van der Waals surface area contributed by atoms with Gasteiger partial charge in [0.05, 0.1) is 6.26 Å². The number of alkyl halides is 6. The van der Waals surface area contributed by atoms with Crippen LogP contribution in [0.5, 0.6) is 0 Å². The standard InChI is InChI=1S/C6H7F6O3P/c1-2-14-16(13,4-6(10,11)12)15-3-5(7,8)9/h2H,1,3-4H2. The number of rotatable bonds is 5. The van der Waals surface area contributed by atoms with Crippen LogP contribution in [-0.4, -0.2) is 25.1 Å². The number of hydrogen-bond donors (Lipinski definition) is 0. The molecule has 0 aliphatic rings. The summed E-state index contributed by atoms with van der Waals surface area (Å²) in [6.45, 7) is 0.708. The Kier molecular flexibility index (Phi) is 4.87. The molecule has 0 aliphatic heterocycles. The van der Waals surface area contributed by atoms with Crippen molar-refractivity contribution in [1.82, 2.24) is 0 Å². The van der Waals surface area contributed by atoms with Gasteiger partial charge in [-0.15, -0.1) is 0 Å². The van der Waals surface area contributed by atoms with Crippen molar-refractivity contribution in [2.24, 2.45) is 0 Å². The largest absolute Gasteiger partial charge is 0.433 e. The van der Waals surface area contributed by atoms with E-state index in [1.54, 1.807) is 0 Å². The summed E-state index contributed by atoms with van der Waals surface area (Å²) in [6.07, 6.45) is -11.6. The third-order valence-electron chi connectivity index (χ3n) is 1.03. The molecule has 0 fully saturated rings. The van der Waals surface area contributed by atoms with Crippen LogP contribution in [0.15, 0.2) is 12.8 Å². The van der Waals surface area contributed by atoms with Gasteiger partial charge in [-0.2, -0.15) is 26.3 Å². The van der Waals surface area contributed by atoms with Gasteiger partial charge in [-0.3, -0.25) is 4.52 Å². The fraction of sp³-hybridized carbons (Fsp3) is 0.667. The summed E-state index contributed by atoms with van der Waals surface area (Å²) in [5, 5.41) is 0. The highest BCUT2D eigenvalue weighted by molar-refractivity contribution is 7.54. The van der Waals surface area contributed by atoms with Crippen molar-refractivity contribution in [3.05, 3.63) is 12.8 Å². The molecule has 0 bridgehead atoms. The maximum absolute atomic E-state index is 11.8. The smallest absolute Gasteiger partial charge is 0.412 e. The maximum atomic E-state index is 11.8. The molecule has 0 saturated carbocycles. The van der Waals surface area contributed by atoms with Crippen molar-refractivity contribution in [1.29, 1.82) is 0 Å². The van der Waals surface area contributed by atoms with E-state index < -0.39 is 32.7 Å². The molecule has 0 radical (unpaired) electrons. The van der Waals surface area contributed by atoms with Crippen LogP contribution in [0.4, 0.5) is 26.3 Å². The fourth-order valence-corrected chi connectivity index (χ4v) is 1.85. The van der Waals surface area contributed by atoms with Crippen molar-refractivity contribution in [2.75, 3.05) is 12.8 Å². The van der Waals surface area contributed by atoms with E-state index in [4.69, 9.17) is 0 Å². The van der Waals surface area contributed by atoms with Crippen LogP contribution in [0.1, 0.15) is 0 Å². The van der Waals surface area contributed by atoms with Gasteiger partial charge in [0.1, 0.15) is 0 Å². The third kappa shape index (κ3) is 7.58. The lowest BCUT2D eigenvalue weighted by molar-refractivity contribution is -0.157. The van der Waals surface area contributed by atoms with Crippen molar-refractivity contribution in [2.45, 2.75) is 12.4 Å². The summed E-state index contributed by atoms with van der Waals surface area (Å²) in [5.41, 5.74) is 0. The summed E-state index contributed by atoms with van der Waals surface area (Å²) < 4.78 is 89.1. The second kappa shape index (κ2) is 5.09. The SMILES string of the molecule is C=COP(=O)(CC(F)(F)F)OCC(F)(F)F. The average Bonchev–Trinajstić information content (AvgIpc) is 1.96. The van der Waals surface area contributed by atoms with E-state index in [1.807, 2.05) is 0 Å². The highest BCUT2D eigenvalue weighted by Gasteiger charge is 2.44. The molecule has 0 spiro atoms. The fourth-order valence-electron chi connectivity index (χ4n) is 0.618. The normalized spacial score (nSPS) is 16.6. The molecule has 0 amide bonds.